The van der Waals surface area contributed by atoms with E-state index in [4.69, 9.17) is 10.5 Å². The van der Waals surface area contributed by atoms with Crippen molar-refractivity contribution >= 4 is 22.5 Å². The number of carbonyl (C=O) groups excluding carboxylic acids is 1. The first-order valence-corrected chi connectivity index (χ1v) is 7.51. The number of imidazole rings is 1. The number of fused-ring (bicyclic) bond motifs is 7. The van der Waals surface area contributed by atoms with Gasteiger partial charge in [-0.3, -0.25) is 9.36 Å². The van der Waals surface area contributed by atoms with E-state index in [9.17, 15) is 4.79 Å². The highest BCUT2D eigenvalue weighted by atomic mass is 16.5. The van der Waals surface area contributed by atoms with E-state index in [2.05, 4.69) is 4.98 Å². The number of aromatic nitrogens is 2. The number of hydrogen-bond donors (Lipinski definition) is 1. The second kappa shape index (κ2) is 4.23. The fourth-order valence-corrected chi connectivity index (χ4v) is 3.57. The summed E-state index contributed by atoms with van der Waals surface area (Å²) in [6.45, 7) is 0. The molecule has 0 fully saturated rings. The number of nitrogens with zero attached hydrogens (tertiary/aromatic N) is 2. The number of ether oxygens (including phenoxy) is 1. The van der Waals surface area contributed by atoms with Gasteiger partial charge in [-0.05, 0) is 18.2 Å². The topological polar surface area (TPSA) is 70.1 Å². The highest BCUT2D eigenvalue weighted by Crippen LogP contribution is 2.47. The van der Waals surface area contributed by atoms with Gasteiger partial charge >= 0.3 is 0 Å². The van der Waals surface area contributed by atoms with E-state index in [1.54, 1.807) is 4.57 Å². The van der Waals surface area contributed by atoms with Crippen LogP contribution in [0.3, 0.4) is 0 Å². The zero-order valence-corrected chi connectivity index (χ0v) is 12.2. The molecule has 0 bridgehead atoms. The molecule has 3 heterocycles. The van der Waals surface area contributed by atoms with Crippen LogP contribution in [0.1, 0.15) is 28.5 Å². The Kier molecular flexibility index (Phi) is 2.29. The molecule has 5 rings (SSSR count). The Hall–Kier alpha value is -3.08. The molecule has 112 valence electrons. The third kappa shape index (κ3) is 1.56. The normalized spacial score (nSPS) is 19.1. The fourth-order valence-electron chi connectivity index (χ4n) is 3.57. The van der Waals surface area contributed by atoms with E-state index in [1.807, 2.05) is 48.5 Å². The molecule has 1 aromatic heterocycles. The molecule has 23 heavy (non-hydrogen) atoms. The van der Waals surface area contributed by atoms with E-state index in [0.29, 0.717) is 18.1 Å². The number of para-hydroxylation sites is 3. The molecule has 2 aliphatic heterocycles. The molecule has 0 spiro atoms. The molecular weight excluding hydrogens is 290 g/mol. The summed E-state index contributed by atoms with van der Waals surface area (Å²) in [6.07, 6.45) is 0.365. The Balaban J connectivity index is 1.83. The Morgan fingerprint density at radius 2 is 1.91 bits per heavy atom. The highest BCUT2D eigenvalue weighted by molar-refractivity contribution is 5.99. The molecule has 5 heteroatoms. The van der Waals surface area contributed by atoms with E-state index in [1.165, 1.54) is 0 Å². The zero-order chi connectivity index (χ0) is 15.6. The van der Waals surface area contributed by atoms with Crippen LogP contribution in [-0.2, 0) is 0 Å². The predicted molar refractivity (Wildman–Crippen MR) is 85.9 cm³/mol. The van der Waals surface area contributed by atoms with Gasteiger partial charge in [0.05, 0.1) is 16.6 Å². The number of rotatable bonds is 0. The van der Waals surface area contributed by atoms with Crippen LogP contribution in [-0.4, -0.2) is 15.5 Å². The number of allylic oxidation sites excluding steroid dienone is 1. The molecule has 2 N–H and O–H groups in total. The van der Waals surface area contributed by atoms with E-state index < -0.39 is 0 Å². The average Bonchev–Trinajstić information content (AvgIpc) is 2.94. The summed E-state index contributed by atoms with van der Waals surface area (Å²) < 4.78 is 7.44. The van der Waals surface area contributed by atoms with Crippen LogP contribution >= 0.6 is 0 Å². The molecular formula is C18H13N3O2. The number of carbonyl (C=O) groups is 1. The minimum atomic E-state index is -0.100. The lowest BCUT2D eigenvalue weighted by atomic mass is 9.83. The van der Waals surface area contributed by atoms with Crippen LogP contribution < -0.4 is 10.5 Å². The largest absolute Gasteiger partial charge is 0.441 e. The Morgan fingerprint density at radius 1 is 1.13 bits per heavy atom. The Labute approximate surface area is 132 Å². The maximum Gasteiger partial charge on any atom is 0.233 e. The first kappa shape index (κ1) is 12.5. The van der Waals surface area contributed by atoms with Gasteiger partial charge in [0, 0.05) is 17.9 Å². The van der Waals surface area contributed by atoms with Gasteiger partial charge in [0.15, 0.2) is 5.88 Å². The van der Waals surface area contributed by atoms with Crippen molar-refractivity contribution in [3.05, 3.63) is 65.8 Å². The van der Waals surface area contributed by atoms with Crippen LogP contribution in [0, 0.1) is 0 Å². The van der Waals surface area contributed by atoms with Crippen molar-refractivity contribution in [3.8, 4) is 5.75 Å². The monoisotopic (exact) mass is 303 g/mol. The van der Waals surface area contributed by atoms with Gasteiger partial charge in [0.2, 0.25) is 5.91 Å². The number of benzene rings is 2. The van der Waals surface area contributed by atoms with Crippen molar-refractivity contribution in [2.45, 2.75) is 12.3 Å². The number of hydrogen-bond acceptors (Lipinski definition) is 4. The van der Waals surface area contributed by atoms with Crippen molar-refractivity contribution < 1.29 is 9.53 Å². The maximum absolute atomic E-state index is 12.8. The average molecular weight is 303 g/mol. The van der Waals surface area contributed by atoms with Crippen molar-refractivity contribution in [3.63, 3.8) is 0 Å². The van der Waals surface area contributed by atoms with E-state index >= 15 is 0 Å². The predicted octanol–water partition coefficient (Wildman–Crippen LogP) is 2.88. The second-order valence-corrected chi connectivity index (χ2v) is 5.83. The van der Waals surface area contributed by atoms with Crippen LogP contribution in [0.5, 0.6) is 5.75 Å². The molecule has 1 atom stereocenters. The standard InChI is InChI=1S/C18H13N3O2/c19-17-16-11(10-5-1-4-8-14(10)23-17)9-15(22)21-13-7-3-2-6-12(13)20-18(16)21/h1-8,11H,9,19H2. The molecule has 0 aliphatic carbocycles. The molecule has 0 saturated heterocycles. The van der Waals surface area contributed by atoms with Gasteiger partial charge in [-0.15, -0.1) is 0 Å². The van der Waals surface area contributed by atoms with Crippen LogP contribution in [0.25, 0.3) is 16.6 Å². The van der Waals surface area contributed by atoms with Crippen molar-refractivity contribution in [2.75, 3.05) is 0 Å². The maximum atomic E-state index is 12.8. The van der Waals surface area contributed by atoms with Crippen LogP contribution in [0.15, 0.2) is 54.4 Å². The van der Waals surface area contributed by atoms with Gasteiger partial charge in [-0.2, -0.15) is 0 Å². The molecule has 5 nitrogen and oxygen atoms in total. The van der Waals surface area contributed by atoms with Crippen molar-refractivity contribution in [1.82, 2.24) is 9.55 Å². The lowest BCUT2D eigenvalue weighted by molar-refractivity contribution is 0.0893. The Morgan fingerprint density at radius 3 is 2.83 bits per heavy atom. The van der Waals surface area contributed by atoms with Crippen LogP contribution in [0.4, 0.5) is 0 Å². The molecule has 3 aromatic rings. The van der Waals surface area contributed by atoms with Gasteiger partial charge in [0.1, 0.15) is 11.6 Å². The summed E-state index contributed by atoms with van der Waals surface area (Å²) in [5.74, 6) is 1.58. The fraction of sp³-hybridized carbons (Fsp3) is 0.111. The third-order valence-corrected chi connectivity index (χ3v) is 4.56. The minimum Gasteiger partial charge on any atom is -0.441 e. The summed E-state index contributed by atoms with van der Waals surface area (Å²) in [6, 6.07) is 15.3. The summed E-state index contributed by atoms with van der Waals surface area (Å²) in [4.78, 5) is 17.4. The Bertz CT molecular complexity index is 1020. The second-order valence-electron chi connectivity index (χ2n) is 5.83. The lowest BCUT2D eigenvalue weighted by Crippen LogP contribution is -2.30. The van der Waals surface area contributed by atoms with Crippen molar-refractivity contribution in [1.29, 1.82) is 0 Å². The first-order valence-electron chi connectivity index (χ1n) is 7.51. The first-order chi connectivity index (χ1) is 11.2. The molecule has 0 saturated carbocycles. The van der Waals surface area contributed by atoms with Gasteiger partial charge < -0.3 is 10.5 Å². The van der Waals surface area contributed by atoms with Crippen molar-refractivity contribution in [2.24, 2.45) is 5.73 Å². The van der Waals surface area contributed by atoms with Gasteiger partial charge in [-0.1, -0.05) is 30.3 Å². The number of nitrogens with two attached hydrogens (primary N) is 1. The molecule has 1 unspecified atom stereocenters. The third-order valence-electron chi connectivity index (χ3n) is 4.56. The highest BCUT2D eigenvalue weighted by Gasteiger charge is 2.39. The quantitative estimate of drug-likeness (QED) is 0.693. The molecule has 2 aliphatic rings. The van der Waals surface area contributed by atoms with E-state index in [0.717, 1.165) is 27.9 Å². The minimum absolute atomic E-state index is 0.0342. The lowest BCUT2D eigenvalue weighted by Gasteiger charge is -2.31. The molecule has 0 amide bonds. The summed E-state index contributed by atoms with van der Waals surface area (Å²) in [5, 5.41) is 0. The smallest absolute Gasteiger partial charge is 0.233 e. The SMILES string of the molecule is NC1=C2c3nc4ccccc4n3C(=O)CC2c2ccccc2O1. The van der Waals surface area contributed by atoms with Gasteiger partial charge in [-0.25, -0.2) is 4.98 Å². The summed E-state index contributed by atoms with van der Waals surface area (Å²) in [5.41, 5.74) is 9.57. The summed E-state index contributed by atoms with van der Waals surface area (Å²) in [7, 11) is 0. The van der Waals surface area contributed by atoms with Gasteiger partial charge in [0.25, 0.3) is 0 Å². The van der Waals surface area contributed by atoms with Crippen LogP contribution in [0.2, 0.25) is 0 Å². The summed E-state index contributed by atoms with van der Waals surface area (Å²) >= 11 is 0. The van der Waals surface area contributed by atoms with E-state index in [-0.39, 0.29) is 11.8 Å². The molecule has 2 aromatic carbocycles. The molecule has 0 radical (unpaired) electrons. The zero-order valence-electron chi connectivity index (χ0n) is 12.2.